The molecule has 0 aliphatic carbocycles. The maximum absolute atomic E-state index is 5.11. The molecule has 0 radical (unpaired) electrons. The number of rotatable bonds is 11. The van der Waals surface area contributed by atoms with Gasteiger partial charge in [0.15, 0.2) is 17.5 Å². The van der Waals surface area contributed by atoms with Crippen LogP contribution in [0.2, 0.25) is 0 Å². The van der Waals surface area contributed by atoms with Gasteiger partial charge in [-0.05, 0) is 153 Å². The van der Waals surface area contributed by atoms with Crippen LogP contribution in [0, 0.1) is 0 Å². The Morgan fingerprint density at radius 1 is 0.172 bits per heavy atom. The van der Waals surface area contributed by atoms with E-state index < -0.39 is 0 Å². The first-order chi connectivity index (χ1) is 46.1. The molecule has 0 bridgehead atoms. The standard InChI is InChI=1S/C87H56N6/c1-6-23-57(24-7-1)62-43-46-81-76(53-62)77-55-64(63-44-47-80-75(54-63)73-37-16-18-40-78(73)93(80)71-51-67(58-25-8-2-9-26-58)50-68(52-71)59-27-10-3-11-28-59)45-48-82(77)91(81)69-35-21-36-70(56-69)92-79-41-19-17-38-74(79)84-72(39-22-42-83(84)92)65-33-20-34-66(49-65)87-89-85(60-29-12-4-13-30-60)88-86(90-87)61-31-14-5-15-32-61/h1-56H. The van der Waals surface area contributed by atoms with Gasteiger partial charge in [0.1, 0.15) is 0 Å². The van der Waals surface area contributed by atoms with E-state index in [1.807, 2.05) is 60.7 Å². The molecule has 18 aromatic rings. The Bertz CT molecular complexity index is 5790. The van der Waals surface area contributed by atoms with Gasteiger partial charge in [-0.25, -0.2) is 15.0 Å². The number of fused-ring (bicyclic) bond motifs is 9. The summed E-state index contributed by atoms with van der Waals surface area (Å²) in [5, 5.41) is 7.15. The Morgan fingerprint density at radius 2 is 0.516 bits per heavy atom. The number of hydrogen-bond acceptors (Lipinski definition) is 3. The predicted molar refractivity (Wildman–Crippen MR) is 386 cm³/mol. The van der Waals surface area contributed by atoms with E-state index in [2.05, 4.69) is 293 Å². The van der Waals surface area contributed by atoms with Crippen LogP contribution in [0.1, 0.15) is 0 Å². The van der Waals surface area contributed by atoms with Crippen molar-refractivity contribution in [1.82, 2.24) is 28.7 Å². The monoisotopic (exact) mass is 1180 g/mol. The first-order valence-electron chi connectivity index (χ1n) is 31.6. The Kier molecular flexibility index (Phi) is 12.8. The summed E-state index contributed by atoms with van der Waals surface area (Å²) in [6.07, 6.45) is 0. The Labute approximate surface area is 537 Å². The van der Waals surface area contributed by atoms with Gasteiger partial charge in [0, 0.05) is 66.1 Å². The fourth-order valence-corrected chi connectivity index (χ4v) is 14.1. The van der Waals surface area contributed by atoms with Gasteiger partial charge in [-0.15, -0.1) is 0 Å². The molecule has 4 heterocycles. The fraction of sp³-hybridized carbons (Fsp3) is 0. The van der Waals surface area contributed by atoms with E-state index in [9.17, 15) is 0 Å². The van der Waals surface area contributed by atoms with Crippen molar-refractivity contribution in [2.75, 3.05) is 0 Å². The van der Waals surface area contributed by atoms with Gasteiger partial charge in [-0.3, -0.25) is 0 Å². The lowest BCUT2D eigenvalue weighted by Gasteiger charge is -2.14. The van der Waals surface area contributed by atoms with Crippen molar-refractivity contribution in [3.05, 3.63) is 340 Å². The maximum atomic E-state index is 5.11. The van der Waals surface area contributed by atoms with Crippen LogP contribution < -0.4 is 0 Å². The van der Waals surface area contributed by atoms with Gasteiger partial charge in [-0.1, -0.05) is 243 Å². The van der Waals surface area contributed by atoms with Crippen molar-refractivity contribution in [1.29, 1.82) is 0 Å². The highest BCUT2D eigenvalue weighted by Crippen LogP contribution is 2.44. The third-order valence-corrected chi connectivity index (χ3v) is 18.4. The zero-order valence-corrected chi connectivity index (χ0v) is 50.5. The quantitative estimate of drug-likeness (QED) is 0.130. The minimum atomic E-state index is 0.620. The molecule has 0 atom stereocenters. The molecule has 6 nitrogen and oxygen atoms in total. The lowest BCUT2D eigenvalue weighted by atomic mass is 9.97. The number of benzene rings is 14. The van der Waals surface area contributed by atoms with Crippen LogP contribution in [-0.2, 0) is 0 Å². The third-order valence-electron chi connectivity index (χ3n) is 18.4. The zero-order valence-electron chi connectivity index (χ0n) is 50.5. The van der Waals surface area contributed by atoms with Gasteiger partial charge in [0.2, 0.25) is 0 Å². The second kappa shape index (κ2) is 22.2. The normalized spacial score (nSPS) is 11.7. The summed E-state index contributed by atoms with van der Waals surface area (Å²) in [4.78, 5) is 15.2. The molecule has 6 heteroatoms. The molecule has 0 amide bonds. The minimum Gasteiger partial charge on any atom is -0.309 e. The summed E-state index contributed by atoms with van der Waals surface area (Å²) >= 11 is 0. The maximum Gasteiger partial charge on any atom is 0.164 e. The Balaban J connectivity index is 0.764. The van der Waals surface area contributed by atoms with Crippen molar-refractivity contribution in [2.45, 2.75) is 0 Å². The molecule has 0 saturated heterocycles. The van der Waals surface area contributed by atoms with E-state index in [0.717, 1.165) is 83.6 Å². The molecule has 0 spiro atoms. The summed E-state index contributed by atoms with van der Waals surface area (Å²) in [5.74, 6) is 1.89. The Morgan fingerprint density at radius 3 is 1.05 bits per heavy atom. The topological polar surface area (TPSA) is 53.5 Å². The van der Waals surface area contributed by atoms with Crippen LogP contribution in [0.4, 0.5) is 0 Å². The van der Waals surface area contributed by atoms with Crippen LogP contribution in [0.15, 0.2) is 340 Å². The molecule has 0 N–H and O–H groups in total. The van der Waals surface area contributed by atoms with E-state index in [4.69, 9.17) is 15.0 Å². The van der Waals surface area contributed by atoms with Crippen LogP contribution in [-0.4, -0.2) is 28.7 Å². The van der Waals surface area contributed by atoms with Crippen LogP contribution >= 0.6 is 0 Å². The van der Waals surface area contributed by atoms with E-state index >= 15 is 0 Å². The lowest BCUT2D eigenvalue weighted by Crippen LogP contribution is -2.00. The summed E-state index contributed by atoms with van der Waals surface area (Å²) in [5.41, 5.74) is 24.5. The lowest BCUT2D eigenvalue weighted by molar-refractivity contribution is 1.07. The highest BCUT2D eigenvalue weighted by atomic mass is 15.0. The molecular formula is C87H56N6. The van der Waals surface area contributed by atoms with Crippen molar-refractivity contribution in [2.24, 2.45) is 0 Å². The van der Waals surface area contributed by atoms with Gasteiger partial charge in [-0.2, -0.15) is 0 Å². The second-order valence-electron chi connectivity index (χ2n) is 23.9. The largest absolute Gasteiger partial charge is 0.309 e. The van der Waals surface area contributed by atoms with Crippen molar-refractivity contribution in [3.63, 3.8) is 0 Å². The molecule has 93 heavy (non-hydrogen) atoms. The molecule has 0 aliphatic heterocycles. The SMILES string of the molecule is c1ccc(-c2cc(-c3ccccc3)cc(-n3c4ccccc4c4cc(-c5ccc6c(c5)c5cc(-c7ccccc7)ccc5n6-c5cccc(-n6c7ccccc7c7c(-c8cccc(-c9nc(-c%10ccccc%10)nc(-c%10ccccc%10)n9)c8)cccc76)c5)ccc43)c2)cc1. The highest BCUT2D eigenvalue weighted by molar-refractivity contribution is 6.17. The van der Waals surface area contributed by atoms with Crippen LogP contribution in [0.3, 0.4) is 0 Å². The molecule has 0 aliphatic rings. The highest BCUT2D eigenvalue weighted by Gasteiger charge is 2.22. The van der Waals surface area contributed by atoms with E-state index in [-0.39, 0.29) is 0 Å². The van der Waals surface area contributed by atoms with E-state index in [0.29, 0.717) is 17.5 Å². The second-order valence-corrected chi connectivity index (χ2v) is 23.9. The van der Waals surface area contributed by atoms with Crippen LogP contribution in [0.25, 0.3) is 172 Å². The average molecular weight is 1190 g/mol. The summed E-state index contributed by atoms with van der Waals surface area (Å²) in [7, 11) is 0. The zero-order chi connectivity index (χ0) is 61.3. The number of aromatic nitrogens is 6. The molecule has 14 aromatic carbocycles. The predicted octanol–water partition coefficient (Wildman–Crippen LogP) is 22.5. The van der Waals surface area contributed by atoms with Gasteiger partial charge < -0.3 is 13.7 Å². The van der Waals surface area contributed by atoms with Gasteiger partial charge >= 0.3 is 0 Å². The van der Waals surface area contributed by atoms with E-state index in [1.165, 1.54) is 71.2 Å². The first kappa shape index (κ1) is 53.5. The Hall–Kier alpha value is -12.5. The number of hydrogen-bond donors (Lipinski definition) is 0. The fourth-order valence-electron chi connectivity index (χ4n) is 14.1. The third kappa shape index (κ3) is 9.30. The molecule has 0 fully saturated rings. The molecule has 434 valence electrons. The van der Waals surface area contributed by atoms with Crippen LogP contribution in [0.5, 0.6) is 0 Å². The van der Waals surface area contributed by atoms with Crippen molar-refractivity contribution < 1.29 is 0 Å². The number of para-hydroxylation sites is 2. The summed E-state index contributed by atoms with van der Waals surface area (Å²) in [6, 6.07) is 123. The van der Waals surface area contributed by atoms with Crippen molar-refractivity contribution >= 4 is 65.4 Å². The molecule has 18 rings (SSSR count). The summed E-state index contributed by atoms with van der Waals surface area (Å²) in [6.45, 7) is 0. The van der Waals surface area contributed by atoms with Gasteiger partial charge in [0.25, 0.3) is 0 Å². The van der Waals surface area contributed by atoms with Crippen molar-refractivity contribution in [3.8, 4) is 107 Å². The summed E-state index contributed by atoms with van der Waals surface area (Å²) < 4.78 is 7.33. The molecule has 0 saturated carbocycles. The van der Waals surface area contributed by atoms with Gasteiger partial charge in [0.05, 0.1) is 33.1 Å². The average Bonchev–Trinajstić information content (AvgIpc) is 1.61. The smallest absolute Gasteiger partial charge is 0.164 e. The van der Waals surface area contributed by atoms with E-state index in [1.54, 1.807) is 0 Å². The minimum absolute atomic E-state index is 0.620. The first-order valence-corrected chi connectivity index (χ1v) is 31.6. The molecule has 4 aromatic heterocycles. The molecule has 0 unspecified atom stereocenters. The number of nitrogens with zero attached hydrogens (tertiary/aromatic N) is 6. The molecular weight excluding hydrogens is 1130 g/mol.